The number of rotatable bonds is 4. The quantitative estimate of drug-likeness (QED) is 0.822. The number of benzene rings is 1. The Hall–Kier alpha value is -1.24. The Balaban J connectivity index is 1.70. The van der Waals surface area contributed by atoms with E-state index in [-0.39, 0.29) is 6.03 Å². The number of carbonyl (C=O) groups is 1. The normalized spacial score (nSPS) is 14.4. The summed E-state index contributed by atoms with van der Waals surface area (Å²) < 4.78 is 1.68. The van der Waals surface area contributed by atoms with Crippen LogP contribution in [0, 0.1) is 0 Å². The Morgan fingerprint density at radius 2 is 2.29 bits per heavy atom. The van der Waals surface area contributed by atoms with Crippen LogP contribution in [0.5, 0.6) is 0 Å². The lowest BCUT2D eigenvalue weighted by Gasteiger charge is -2.15. The van der Waals surface area contributed by atoms with Gasteiger partial charge >= 0.3 is 6.03 Å². The van der Waals surface area contributed by atoms with Crippen LogP contribution in [0.2, 0.25) is 4.34 Å². The molecule has 1 aliphatic rings. The number of hydrogen-bond donors (Lipinski definition) is 2. The van der Waals surface area contributed by atoms with Gasteiger partial charge in [0.25, 0.3) is 0 Å². The van der Waals surface area contributed by atoms with Gasteiger partial charge in [0, 0.05) is 40.4 Å². The highest BCUT2D eigenvalue weighted by atomic mass is 79.9. The van der Waals surface area contributed by atoms with E-state index in [1.807, 2.05) is 30.3 Å². The van der Waals surface area contributed by atoms with Gasteiger partial charge in [0.2, 0.25) is 0 Å². The fraction of sp³-hybridized carbons (Fsp3) is 0.214. The summed E-state index contributed by atoms with van der Waals surface area (Å²) in [6, 6.07) is 9.82. The number of thiophene rings is 1. The van der Waals surface area contributed by atoms with Crippen molar-refractivity contribution in [2.75, 3.05) is 23.3 Å². The summed E-state index contributed by atoms with van der Waals surface area (Å²) in [4.78, 5) is 14.6. The lowest BCUT2D eigenvalue weighted by Crippen LogP contribution is -2.27. The second-order valence-corrected chi connectivity index (χ2v) is 7.21. The van der Waals surface area contributed by atoms with Crippen LogP contribution in [0.4, 0.5) is 16.2 Å². The average molecular weight is 387 g/mol. The van der Waals surface area contributed by atoms with Gasteiger partial charge in [-0.1, -0.05) is 17.7 Å². The summed E-state index contributed by atoms with van der Waals surface area (Å²) in [5.74, 6) is 0. The van der Waals surface area contributed by atoms with Crippen LogP contribution in [0.25, 0.3) is 0 Å². The zero-order chi connectivity index (χ0) is 14.8. The molecule has 110 valence electrons. The van der Waals surface area contributed by atoms with E-state index in [1.165, 1.54) is 0 Å². The van der Waals surface area contributed by atoms with Crippen LogP contribution in [0.3, 0.4) is 0 Å². The standard InChI is InChI=1S/C14H13BrClN3OS/c15-12-7-11(21-13(12)16)8-18-9-2-1-3-10(6-9)19-5-4-17-14(19)20/h1-3,6-7,18H,4-5,8H2,(H,17,20). The van der Waals surface area contributed by atoms with E-state index in [2.05, 4.69) is 26.6 Å². The van der Waals surface area contributed by atoms with Gasteiger partial charge in [-0.2, -0.15) is 0 Å². The Morgan fingerprint density at radius 3 is 2.95 bits per heavy atom. The van der Waals surface area contributed by atoms with E-state index in [0.717, 1.165) is 25.1 Å². The Bertz CT molecular complexity index is 656. The van der Waals surface area contributed by atoms with E-state index < -0.39 is 0 Å². The Kier molecular flexibility index (Phi) is 4.37. The van der Waals surface area contributed by atoms with Crippen molar-refractivity contribution < 1.29 is 4.79 Å². The maximum Gasteiger partial charge on any atom is 0.321 e. The van der Waals surface area contributed by atoms with Crippen LogP contribution in [-0.4, -0.2) is 19.1 Å². The molecule has 1 aromatic carbocycles. The predicted octanol–water partition coefficient (Wildman–Crippen LogP) is 4.31. The molecule has 0 saturated carbocycles. The molecule has 2 aromatic rings. The minimum absolute atomic E-state index is 0.0406. The first kappa shape index (κ1) is 14.7. The molecular formula is C14H13BrClN3OS. The third-order valence-electron chi connectivity index (χ3n) is 3.18. The zero-order valence-corrected chi connectivity index (χ0v) is 14.2. The van der Waals surface area contributed by atoms with Crippen LogP contribution < -0.4 is 15.5 Å². The number of hydrogen-bond acceptors (Lipinski definition) is 3. The second kappa shape index (κ2) is 6.25. The lowest BCUT2D eigenvalue weighted by molar-refractivity contribution is 0.252. The van der Waals surface area contributed by atoms with Gasteiger partial charge in [-0.25, -0.2) is 4.79 Å². The first-order chi connectivity index (χ1) is 10.1. The largest absolute Gasteiger partial charge is 0.380 e. The molecule has 0 radical (unpaired) electrons. The highest BCUT2D eigenvalue weighted by Crippen LogP contribution is 2.32. The lowest BCUT2D eigenvalue weighted by atomic mass is 10.2. The van der Waals surface area contributed by atoms with E-state index in [0.29, 0.717) is 19.6 Å². The molecule has 1 aromatic heterocycles. The molecule has 0 bridgehead atoms. The molecule has 1 aliphatic heterocycles. The number of urea groups is 1. The molecule has 0 unspecified atom stereocenters. The molecule has 2 amide bonds. The maximum atomic E-state index is 11.7. The molecule has 1 fully saturated rings. The number of halogens is 2. The smallest absolute Gasteiger partial charge is 0.321 e. The Morgan fingerprint density at radius 1 is 1.43 bits per heavy atom. The summed E-state index contributed by atoms with van der Waals surface area (Å²) in [6.07, 6.45) is 0. The van der Waals surface area contributed by atoms with Crippen LogP contribution in [0.1, 0.15) is 4.88 Å². The van der Waals surface area contributed by atoms with Gasteiger partial charge in [0.1, 0.15) is 4.34 Å². The molecule has 2 N–H and O–H groups in total. The molecule has 21 heavy (non-hydrogen) atoms. The number of nitrogens with zero attached hydrogens (tertiary/aromatic N) is 1. The fourth-order valence-electron chi connectivity index (χ4n) is 2.17. The first-order valence-electron chi connectivity index (χ1n) is 6.46. The summed E-state index contributed by atoms with van der Waals surface area (Å²) >= 11 is 11.0. The van der Waals surface area contributed by atoms with E-state index in [1.54, 1.807) is 16.2 Å². The van der Waals surface area contributed by atoms with Gasteiger partial charge < -0.3 is 10.6 Å². The molecule has 0 aliphatic carbocycles. The minimum Gasteiger partial charge on any atom is -0.380 e. The summed E-state index contributed by atoms with van der Waals surface area (Å²) in [7, 11) is 0. The van der Waals surface area contributed by atoms with Crippen molar-refractivity contribution in [3.8, 4) is 0 Å². The first-order valence-corrected chi connectivity index (χ1v) is 8.45. The van der Waals surface area contributed by atoms with Gasteiger partial charge in [0.15, 0.2) is 0 Å². The van der Waals surface area contributed by atoms with E-state index in [4.69, 9.17) is 11.6 Å². The molecule has 0 spiro atoms. The van der Waals surface area contributed by atoms with Crippen LogP contribution in [-0.2, 0) is 6.54 Å². The topological polar surface area (TPSA) is 44.4 Å². The van der Waals surface area contributed by atoms with Gasteiger partial charge in [-0.05, 0) is 40.2 Å². The SMILES string of the molecule is O=C1NCCN1c1cccc(NCc2cc(Br)c(Cl)s2)c1. The third-order valence-corrected chi connectivity index (χ3v) is 5.65. The molecular weight excluding hydrogens is 374 g/mol. The van der Waals surface area contributed by atoms with Gasteiger partial charge in [-0.15, -0.1) is 11.3 Å². The fourth-order valence-corrected chi connectivity index (χ4v) is 3.90. The highest BCUT2D eigenvalue weighted by Gasteiger charge is 2.20. The number of anilines is 2. The zero-order valence-electron chi connectivity index (χ0n) is 11.0. The number of nitrogens with one attached hydrogen (secondary N) is 2. The summed E-state index contributed by atoms with van der Waals surface area (Å²) in [6.45, 7) is 2.10. The van der Waals surface area contributed by atoms with Crippen molar-refractivity contribution in [3.63, 3.8) is 0 Å². The molecule has 0 atom stereocenters. The van der Waals surface area contributed by atoms with E-state index >= 15 is 0 Å². The van der Waals surface area contributed by atoms with E-state index in [9.17, 15) is 4.79 Å². The predicted molar refractivity (Wildman–Crippen MR) is 91.5 cm³/mol. The van der Waals surface area contributed by atoms with Crippen molar-refractivity contribution >= 4 is 56.3 Å². The van der Waals surface area contributed by atoms with Crippen molar-refractivity contribution in [1.82, 2.24) is 5.32 Å². The Labute approximate surface area is 140 Å². The maximum absolute atomic E-state index is 11.7. The van der Waals surface area contributed by atoms with Crippen molar-refractivity contribution in [1.29, 1.82) is 0 Å². The number of amides is 2. The average Bonchev–Trinajstić information content (AvgIpc) is 3.03. The molecule has 1 saturated heterocycles. The van der Waals surface area contributed by atoms with Crippen molar-refractivity contribution in [3.05, 3.63) is 44.0 Å². The van der Waals surface area contributed by atoms with Gasteiger partial charge in [0.05, 0.1) is 0 Å². The summed E-state index contributed by atoms with van der Waals surface area (Å²) in [5, 5.41) is 6.16. The van der Waals surface area contributed by atoms with Crippen molar-refractivity contribution in [2.24, 2.45) is 0 Å². The number of carbonyl (C=O) groups excluding carboxylic acids is 1. The highest BCUT2D eigenvalue weighted by molar-refractivity contribution is 9.10. The minimum atomic E-state index is -0.0406. The monoisotopic (exact) mass is 385 g/mol. The third kappa shape index (κ3) is 3.33. The summed E-state index contributed by atoms with van der Waals surface area (Å²) in [5.41, 5.74) is 1.88. The van der Waals surface area contributed by atoms with Gasteiger partial charge in [-0.3, -0.25) is 4.90 Å². The molecule has 2 heterocycles. The van der Waals surface area contributed by atoms with Crippen LogP contribution in [0.15, 0.2) is 34.8 Å². The molecule has 7 heteroatoms. The van der Waals surface area contributed by atoms with Crippen LogP contribution >= 0.6 is 38.9 Å². The molecule has 4 nitrogen and oxygen atoms in total. The van der Waals surface area contributed by atoms with Crippen molar-refractivity contribution in [2.45, 2.75) is 6.54 Å². The molecule has 3 rings (SSSR count). The second-order valence-electron chi connectivity index (χ2n) is 4.62.